The topological polar surface area (TPSA) is 113 Å². The number of benzene rings is 1. The lowest BCUT2D eigenvalue weighted by atomic mass is 10.0. The normalized spacial score (nSPS) is 21.9. The van der Waals surface area contributed by atoms with Gasteiger partial charge in [-0.3, -0.25) is 19.3 Å². The highest BCUT2D eigenvalue weighted by atomic mass is 32.2. The lowest BCUT2D eigenvalue weighted by molar-refractivity contribution is -0.151. The third kappa shape index (κ3) is 3.22. The molecule has 3 rings (SSSR count). The van der Waals surface area contributed by atoms with Gasteiger partial charge < -0.3 is 15.2 Å². The number of hydrogen-bond acceptors (Lipinski definition) is 6. The van der Waals surface area contributed by atoms with Crippen LogP contribution in [0.1, 0.15) is 0 Å². The van der Waals surface area contributed by atoms with Crippen LogP contribution in [0, 0.1) is 0 Å². The first-order valence-corrected chi connectivity index (χ1v) is 8.41. The summed E-state index contributed by atoms with van der Waals surface area (Å²) in [5.41, 5.74) is -0.255. The van der Waals surface area contributed by atoms with E-state index in [1.807, 2.05) is 6.07 Å². The van der Waals surface area contributed by atoms with Crippen LogP contribution in [0.2, 0.25) is 0 Å². The van der Waals surface area contributed by atoms with Gasteiger partial charge in [0.25, 0.3) is 11.8 Å². The number of carbonyl (C=O) groups excluding carboxylic acids is 3. The molecular formula is C16H14N2O6S. The Morgan fingerprint density at radius 2 is 2.08 bits per heavy atom. The van der Waals surface area contributed by atoms with Gasteiger partial charge in [-0.25, -0.2) is 4.79 Å². The van der Waals surface area contributed by atoms with Crippen molar-refractivity contribution < 1.29 is 29.0 Å². The van der Waals surface area contributed by atoms with Crippen LogP contribution in [0.5, 0.6) is 5.75 Å². The first-order chi connectivity index (χ1) is 12.0. The molecule has 2 aliphatic heterocycles. The van der Waals surface area contributed by atoms with Crippen LogP contribution in [-0.4, -0.2) is 57.9 Å². The van der Waals surface area contributed by atoms with Crippen LogP contribution >= 0.6 is 11.8 Å². The van der Waals surface area contributed by atoms with E-state index in [-0.39, 0.29) is 23.6 Å². The molecule has 0 radical (unpaired) electrons. The zero-order chi connectivity index (χ0) is 18.0. The van der Waals surface area contributed by atoms with Crippen molar-refractivity contribution in [2.75, 3.05) is 12.4 Å². The number of ether oxygens (including phenoxy) is 1. The molecule has 1 aromatic rings. The molecule has 2 heterocycles. The van der Waals surface area contributed by atoms with Crippen molar-refractivity contribution in [1.29, 1.82) is 0 Å². The summed E-state index contributed by atoms with van der Waals surface area (Å²) in [6.07, 6.45) is 0.444. The highest BCUT2D eigenvalue weighted by Gasteiger charge is 2.54. The highest BCUT2D eigenvalue weighted by molar-refractivity contribution is 8.00. The minimum atomic E-state index is -1.34. The molecule has 130 valence electrons. The maximum Gasteiger partial charge on any atom is 0.353 e. The Kier molecular flexibility index (Phi) is 4.75. The van der Waals surface area contributed by atoms with Crippen LogP contribution in [0.25, 0.3) is 0 Å². The van der Waals surface area contributed by atoms with Crippen molar-refractivity contribution in [2.24, 2.45) is 0 Å². The van der Waals surface area contributed by atoms with Crippen LogP contribution in [-0.2, 0) is 19.2 Å². The summed E-state index contributed by atoms with van der Waals surface area (Å²) in [6, 6.07) is 7.92. The molecule has 1 aromatic carbocycles. The van der Waals surface area contributed by atoms with E-state index in [2.05, 4.69) is 5.32 Å². The van der Waals surface area contributed by atoms with E-state index >= 15 is 0 Å². The first kappa shape index (κ1) is 17.0. The Balaban J connectivity index is 1.62. The monoisotopic (exact) mass is 362 g/mol. The Morgan fingerprint density at radius 1 is 1.36 bits per heavy atom. The van der Waals surface area contributed by atoms with E-state index in [0.29, 0.717) is 12.0 Å². The SMILES string of the molecule is O=CC1=C(C(=O)O)N2C(=O)C(NC(=O)COc3ccccc3)[C@H]2SC1. The molecule has 1 fully saturated rings. The van der Waals surface area contributed by atoms with Crippen molar-refractivity contribution in [2.45, 2.75) is 11.4 Å². The molecule has 0 spiro atoms. The molecule has 1 unspecified atom stereocenters. The van der Waals surface area contributed by atoms with Gasteiger partial charge in [0.15, 0.2) is 6.61 Å². The second-order valence-electron chi connectivity index (χ2n) is 5.35. The van der Waals surface area contributed by atoms with Crippen LogP contribution in [0.15, 0.2) is 41.6 Å². The number of nitrogens with one attached hydrogen (secondary N) is 1. The number of carboxylic acids is 1. The maximum absolute atomic E-state index is 12.2. The Morgan fingerprint density at radius 3 is 2.72 bits per heavy atom. The molecule has 1 saturated heterocycles. The minimum absolute atomic E-state index is 0.0549. The zero-order valence-electron chi connectivity index (χ0n) is 12.9. The van der Waals surface area contributed by atoms with Gasteiger partial charge in [-0.15, -0.1) is 11.8 Å². The summed E-state index contributed by atoms with van der Waals surface area (Å²) in [7, 11) is 0. The fourth-order valence-corrected chi connectivity index (χ4v) is 3.90. The van der Waals surface area contributed by atoms with Gasteiger partial charge in [0, 0.05) is 11.3 Å². The molecule has 0 saturated carbocycles. The third-order valence-electron chi connectivity index (χ3n) is 3.77. The third-order valence-corrected chi connectivity index (χ3v) is 5.07. The molecular weight excluding hydrogens is 348 g/mol. The van der Waals surface area contributed by atoms with E-state index in [4.69, 9.17) is 4.74 Å². The minimum Gasteiger partial charge on any atom is -0.484 e. The van der Waals surface area contributed by atoms with E-state index in [0.717, 1.165) is 4.90 Å². The number of thioether (sulfide) groups is 1. The van der Waals surface area contributed by atoms with Crippen molar-refractivity contribution >= 4 is 35.8 Å². The number of rotatable bonds is 6. The number of carboxylic acid groups (broad SMARTS) is 1. The van der Waals surface area contributed by atoms with E-state index < -0.39 is 29.2 Å². The van der Waals surface area contributed by atoms with Gasteiger partial charge in [-0.2, -0.15) is 0 Å². The van der Waals surface area contributed by atoms with Crippen molar-refractivity contribution in [3.8, 4) is 5.75 Å². The summed E-state index contributed by atoms with van der Waals surface area (Å²) in [5, 5.41) is 11.2. The average Bonchev–Trinajstić information content (AvgIpc) is 2.63. The second kappa shape index (κ2) is 6.98. The molecule has 2 atom stereocenters. The molecule has 8 nitrogen and oxygen atoms in total. The Bertz CT molecular complexity index is 763. The van der Waals surface area contributed by atoms with Gasteiger partial charge in [-0.1, -0.05) is 18.2 Å². The van der Waals surface area contributed by atoms with Crippen molar-refractivity contribution in [1.82, 2.24) is 10.2 Å². The fraction of sp³-hybridized carbons (Fsp3) is 0.250. The van der Waals surface area contributed by atoms with Crippen molar-refractivity contribution in [3.63, 3.8) is 0 Å². The van der Waals surface area contributed by atoms with Gasteiger partial charge in [0.05, 0.1) is 0 Å². The maximum atomic E-state index is 12.2. The van der Waals surface area contributed by atoms with Gasteiger partial charge in [0.1, 0.15) is 29.1 Å². The number of β-lactam (4-membered cyclic amide) rings is 1. The Labute approximate surface area is 146 Å². The average molecular weight is 362 g/mol. The zero-order valence-corrected chi connectivity index (χ0v) is 13.7. The van der Waals surface area contributed by atoms with E-state index in [9.17, 15) is 24.3 Å². The summed E-state index contributed by atoms with van der Waals surface area (Å²) >= 11 is 1.23. The molecule has 0 aromatic heterocycles. The molecule has 25 heavy (non-hydrogen) atoms. The largest absolute Gasteiger partial charge is 0.484 e. The Hall–Kier alpha value is -2.81. The van der Waals surface area contributed by atoms with Gasteiger partial charge in [0.2, 0.25) is 0 Å². The lowest BCUT2D eigenvalue weighted by Gasteiger charge is -2.48. The number of para-hydroxylation sites is 1. The van der Waals surface area contributed by atoms with E-state index in [1.165, 1.54) is 11.8 Å². The number of amides is 2. The number of hydrogen-bond donors (Lipinski definition) is 2. The lowest BCUT2D eigenvalue weighted by Crippen LogP contribution is -2.70. The van der Waals surface area contributed by atoms with Crippen LogP contribution < -0.4 is 10.1 Å². The number of fused-ring (bicyclic) bond motifs is 1. The van der Waals surface area contributed by atoms with E-state index in [1.54, 1.807) is 24.3 Å². The molecule has 9 heteroatoms. The number of carbonyl (C=O) groups is 4. The standard InChI is InChI=1S/C16H14N2O6S/c19-6-9-8-25-15-12(14(21)18(15)13(9)16(22)23)17-11(20)7-24-10-4-2-1-3-5-10/h1-6,12,15H,7-8H2,(H,17,20)(H,22,23)/t12?,15-/m1/s1. The summed E-state index contributed by atoms with van der Waals surface area (Å²) < 4.78 is 5.31. The number of aliphatic carboxylic acids is 1. The summed E-state index contributed by atoms with van der Waals surface area (Å²) in [6.45, 7) is -0.258. The quantitative estimate of drug-likeness (QED) is 0.541. The smallest absolute Gasteiger partial charge is 0.353 e. The molecule has 0 aliphatic carbocycles. The van der Waals surface area contributed by atoms with Crippen LogP contribution in [0.3, 0.4) is 0 Å². The summed E-state index contributed by atoms with van der Waals surface area (Å²) in [4.78, 5) is 47.5. The fourth-order valence-electron chi connectivity index (χ4n) is 2.61. The molecule has 0 bridgehead atoms. The predicted molar refractivity (Wildman–Crippen MR) is 87.7 cm³/mol. The second-order valence-corrected chi connectivity index (χ2v) is 6.46. The molecule has 2 N–H and O–H groups in total. The number of aldehydes is 1. The molecule has 2 amide bonds. The molecule has 2 aliphatic rings. The van der Waals surface area contributed by atoms with Gasteiger partial charge in [-0.05, 0) is 12.1 Å². The van der Waals surface area contributed by atoms with Crippen LogP contribution in [0.4, 0.5) is 0 Å². The summed E-state index contributed by atoms with van der Waals surface area (Å²) in [5.74, 6) is -1.67. The predicted octanol–water partition coefficient (Wildman–Crippen LogP) is 0.00290. The first-order valence-electron chi connectivity index (χ1n) is 7.36. The highest BCUT2D eigenvalue weighted by Crippen LogP contribution is 2.39. The number of nitrogens with zero attached hydrogens (tertiary/aromatic N) is 1. The van der Waals surface area contributed by atoms with Gasteiger partial charge >= 0.3 is 5.97 Å². The van der Waals surface area contributed by atoms with Crippen molar-refractivity contribution in [3.05, 3.63) is 41.6 Å².